The van der Waals surface area contributed by atoms with E-state index in [1.54, 1.807) is 0 Å². The normalized spacial score (nSPS) is 12.4. The molecule has 0 bridgehead atoms. The van der Waals surface area contributed by atoms with Crippen molar-refractivity contribution in [2.24, 2.45) is 5.73 Å². The summed E-state index contributed by atoms with van der Waals surface area (Å²) in [5, 5.41) is 0.764. The molecule has 19 heavy (non-hydrogen) atoms. The maximum atomic E-state index is 6.30. The summed E-state index contributed by atoms with van der Waals surface area (Å²) in [5.74, 6) is 0. The summed E-state index contributed by atoms with van der Waals surface area (Å²) in [6, 6.07) is 10.00. The van der Waals surface area contributed by atoms with Gasteiger partial charge >= 0.3 is 0 Å². The fourth-order valence-corrected chi connectivity index (χ4v) is 2.34. The molecule has 0 aliphatic carbocycles. The van der Waals surface area contributed by atoms with E-state index in [9.17, 15) is 0 Å². The van der Waals surface area contributed by atoms with Crippen LogP contribution in [0.3, 0.4) is 0 Å². The van der Waals surface area contributed by atoms with Gasteiger partial charge in [0.2, 0.25) is 0 Å². The van der Waals surface area contributed by atoms with Crippen LogP contribution in [0, 0.1) is 6.92 Å². The van der Waals surface area contributed by atoms with Crippen LogP contribution in [0.2, 0.25) is 5.02 Å². The molecule has 2 rings (SSSR count). The van der Waals surface area contributed by atoms with Gasteiger partial charge in [-0.2, -0.15) is 0 Å². The standard InChI is InChI=1S/C16H19ClN2/c1-3-12-7-8-13(19-10-12)9-15(18)14-6-4-5-11(2)16(14)17/h4-8,10,15H,3,9,18H2,1-2H3. The summed E-state index contributed by atoms with van der Waals surface area (Å²) in [5.41, 5.74) is 10.5. The number of hydrogen-bond acceptors (Lipinski definition) is 2. The molecule has 0 radical (unpaired) electrons. The van der Waals surface area contributed by atoms with E-state index in [0.29, 0.717) is 6.42 Å². The van der Waals surface area contributed by atoms with Crippen LogP contribution in [0.4, 0.5) is 0 Å². The molecule has 0 spiro atoms. The highest BCUT2D eigenvalue weighted by molar-refractivity contribution is 6.32. The van der Waals surface area contributed by atoms with Gasteiger partial charge < -0.3 is 5.73 Å². The summed E-state index contributed by atoms with van der Waals surface area (Å²) in [6.07, 6.45) is 3.62. The van der Waals surface area contributed by atoms with Crippen LogP contribution >= 0.6 is 11.6 Å². The van der Waals surface area contributed by atoms with Gasteiger partial charge in [0, 0.05) is 29.4 Å². The van der Waals surface area contributed by atoms with Gasteiger partial charge in [-0.25, -0.2) is 0 Å². The molecule has 3 heteroatoms. The first-order valence-electron chi connectivity index (χ1n) is 6.56. The topological polar surface area (TPSA) is 38.9 Å². The maximum absolute atomic E-state index is 6.30. The Morgan fingerprint density at radius 3 is 2.68 bits per heavy atom. The van der Waals surface area contributed by atoms with Crippen LogP contribution in [-0.2, 0) is 12.8 Å². The number of nitrogens with two attached hydrogens (primary N) is 1. The summed E-state index contributed by atoms with van der Waals surface area (Å²) in [6.45, 7) is 4.11. The van der Waals surface area contributed by atoms with E-state index in [2.05, 4.69) is 18.0 Å². The molecule has 2 nitrogen and oxygen atoms in total. The van der Waals surface area contributed by atoms with E-state index >= 15 is 0 Å². The Bertz CT molecular complexity index is 549. The second-order valence-corrected chi connectivity index (χ2v) is 5.18. The molecule has 0 amide bonds. The van der Waals surface area contributed by atoms with Gasteiger partial charge in [0.05, 0.1) is 0 Å². The smallest absolute Gasteiger partial charge is 0.0483 e. The molecule has 0 fully saturated rings. The van der Waals surface area contributed by atoms with Crippen LogP contribution < -0.4 is 5.73 Å². The van der Waals surface area contributed by atoms with Crippen LogP contribution in [0.25, 0.3) is 0 Å². The number of nitrogens with zero attached hydrogens (tertiary/aromatic N) is 1. The highest BCUT2D eigenvalue weighted by Gasteiger charge is 2.12. The predicted molar refractivity (Wildman–Crippen MR) is 80.4 cm³/mol. The van der Waals surface area contributed by atoms with Crippen molar-refractivity contribution in [1.29, 1.82) is 0 Å². The van der Waals surface area contributed by atoms with E-state index in [-0.39, 0.29) is 6.04 Å². The van der Waals surface area contributed by atoms with Crippen LogP contribution in [-0.4, -0.2) is 4.98 Å². The zero-order chi connectivity index (χ0) is 13.8. The molecule has 1 unspecified atom stereocenters. The molecule has 2 aromatic rings. The minimum atomic E-state index is -0.118. The number of benzene rings is 1. The third kappa shape index (κ3) is 3.34. The Balaban J connectivity index is 2.15. The fraction of sp³-hybridized carbons (Fsp3) is 0.312. The fourth-order valence-electron chi connectivity index (χ4n) is 2.08. The van der Waals surface area contributed by atoms with Crippen molar-refractivity contribution in [2.75, 3.05) is 0 Å². The first-order valence-corrected chi connectivity index (χ1v) is 6.94. The summed E-state index contributed by atoms with van der Waals surface area (Å²) >= 11 is 6.30. The number of rotatable bonds is 4. The molecule has 100 valence electrons. The molecule has 0 aliphatic rings. The van der Waals surface area contributed by atoms with Crippen molar-refractivity contribution >= 4 is 11.6 Å². The zero-order valence-corrected chi connectivity index (χ0v) is 12.1. The summed E-state index contributed by atoms with van der Waals surface area (Å²) in [4.78, 5) is 4.44. The van der Waals surface area contributed by atoms with Gasteiger partial charge in [-0.1, -0.05) is 42.8 Å². The average molecular weight is 275 g/mol. The quantitative estimate of drug-likeness (QED) is 0.920. The number of aromatic nitrogens is 1. The van der Waals surface area contributed by atoms with E-state index in [4.69, 9.17) is 17.3 Å². The molecule has 0 aliphatic heterocycles. The Morgan fingerprint density at radius 1 is 1.26 bits per heavy atom. The lowest BCUT2D eigenvalue weighted by molar-refractivity contribution is 0.705. The van der Waals surface area contributed by atoms with E-state index in [0.717, 1.165) is 28.3 Å². The average Bonchev–Trinajstić information content (AvgIpc) is 2.42. The second-order valence-electron chi connectivity index (χ2n) is 4.80. The first-order chi connectivity index (χ1) is 9.11. The van der Waals surface area contributed by atoms with Crippen LogP contribution in [0.1, 0.15) is 35.3 Å². The third-order valence-corrected chi connectivity index (χ3v) is 3.86. The molecular formula is C16H19ClN2. The predicted octanol–water partition coefficient (Wildman–Crippen LogP) is 3.85. The maximum Gasteiger partial charge on any atom is 0.0483 e. The minimum Gasteiger partial charge on any atom is -0.324 e. The highest BCUT2D eigenvalue weighted by Crippen LogP contribution is 2.26. The van der Waals surface area contributed by atoms with E-state index < -0.39 is 0 Å². The lowest BCUT2D eigenvalue weighted by atomic mass is 10.0. The van der Waals surface area contributed by atoms with Crippen molar-refractivity contribution in [3.05, 3.63) is 63.9 Å². The van der Waals surface area contributed by atoms with Crippen molar-refractivity contribution in [2.45, 2.75) is 32.7 Å². The Kier molecular flexibility index (Phi) is 4.56. The Morgan fingerprint density at radius 2 is 2.05 bits per heavy atom. The van der Waals surface area contributed by atoms with Gasteiger partial charge in [0.15, 0.2) is 0 Å². The van der Waals surface area contributed by atoms with Gasteiger partial charge in [0.25, 0.3) is 0 Å². The Labute approximate surface area is 119 Å². The van der Waals surface area contributed by atoms with Gasteiger partial charge in [-0.15, -0.1) is 0 Å². The lowest BCUT2D eigenvalue weighted by Gasteiger charge is -2.14. The minimum absolute atomic E-state index is 0.118. The monoisotopic (exact) mass is 274 g/mol. The van der Waals surface area contributed by atoms with Crippen molar-refractivity contribution in [3.8, 4) is 0 Å². The molecule has 2 N–H and O–H groups in total. The van der Waals surface area contributed by atoms with Gasteiger partial charge in [0.1, 0.15) is 0 Å². The van der Waals surface area contributed by atoms with E-state index in [1.165, 1.54) is 5.56 Å². The largest absolute Gasteiger partial charge is 0.324 e. The summed E-state index contributed by atoms with van der Waals surface area (Å²) in [7, 11) is 0. The molecule has 1 heterocycles. The molecule has 1 aromatic carbocycles. The number of aryl methyl sites for hydroxylation is 2. The molecular weight excluding hydrogens is 256 g/mol. The van der Waals surface area contributed by atoms with Gasteiger partial charge in [-0.3, -0.25) is 4.98 Å². The number of halogens is 1. The van der Waals surface area contributed by atoms with Crippen molar-refractivity contribution in [3.63, 3.8) is 0 Å². The SMILES string of the molecule is CCc1ccc(CC(N)c2cccc(C)c2Cl)nc1. The zero-order valence-electron chi connectivity index (χ0n) is 11.4. The molecule has 1 aromatic heterocycles. The van der Waals surface area contributed by atoms with Gasteiger partial charge in [-0.05, 0) is 36.1 Å². The van der Waals surface area contributed by atoms with E-state index in [1.807, 2.05) is 37.4 Å². The third-order valence-electron chi connectivity index (χ3n) is 3.34. The molecule has 0 saturated heterocycles. The number of hydrogen-bond donors (Lipinski definition) is 1. The lowest BCUT2D eigenvalue weighted by Crippen LogP contribution is -2.15. The van der Waals surface area contributed by atoms with Crippen molar-refractivity contribution < 1.29 is 0 Å². The number of pyridine rings is 1. The molecule has 0 saturated carbocycles. The van der Waals surface area contributed by atoms with Crippen molar-refractivity contribution in [1.82, 2.24) is 4.98 Å². The molecule has 1 atom stereocenters. The Hall–Kier alpha value is -1.38. The second kappa shape index (κ2) is 6.18. The highest BCUT2D eigenvalue weighted by atomic mass is 35.5. The van der Waals surface area contributed by atoms with Crippen LogP contribution in [0.15, 0.2) is 36.5 Å². The van der Waals surface area contributed by atoms with Crippen LogP contribution in [0.5, 0.6) is 0 Å². The summed E-state index contributed by atoms with van der Waals surface area (Å²) < 4.78 is 0. The first kappa shape index (κ1) is 14.0.